The van der Waals surface area contributed by atoms with Gasteiger partial charge >= 0.3 is 0 Å². The molecule has 0 spiro atoms. The Labute approximate surface area is 162 Å². The predicted molar refractivity (Wildman–Crippen MR) is 108 cm³/mol. The zero-order valence-corrected chi connectivity index (χ0v) is 19.0. The number of nitrogens with zero attached hydrogens (tertiary/aromatic N) is 2. The average molecular weight is 496 g/mol. The van der Waals surface area contributed by atoms with Crippen molar-refractivity contribution in [1.82, 2.24) is 14.9 Å². The van der Waals surface area contributed by atoms with Gasteiger partial charge in [0.15, 0.2) is 15.8 Å². The highest BCUT2D eigenvalue weighted by Gasteiger charge is 2.41. The zero-order chi connectivity index (χ0) is 18.1. The lowest BCUT2D eigenvalue weighted by Crippen LogP contribution is -2.59. The highest BCUT2D eigenvalue weighted by atomic mass is 127. The molecule has 0 bridgehead atoms. The van der Waals surface area contributed by atoms with Gasteiger partial charge in [0.1, 0.15) is 0 Å². The summed E-state index contributed by atoms with van der Waals surface area (Å²) in [7, 11) is -4.82. The maximum atomic E-state index is 12.1. The van der Waals surface area contributed by atoms with E-state index in [1.54, 1.807) is 34.7 Å². The highest BCUT2D eigenvalue weighted by Crippen LogP contribution is 2.23. The summed E-state index contributed by atoms with van der Waals surface area (Å²) in [5.41, 5.74) is -0.694. The van der Waals surface area contributed by atoms with E-state index in [2.05, 4.69) is 15.0 Å². The Morgan fingerprint density at radius 3 is 2.29 bits per heavy atom. The second-order valence-corrected chi connectivity index (χ2v) is 11.7. The number of aliphatic imine (C=N–C) groups is 1. The fraction of sp³-hybridized carbons (Fsp3) is 0.923. The van der Waals surface area contributed by atoms with E-state index in [9.17, 15) is 16.8 Å². The van der Waals surface area contributed by atoms with Crippen molar-refractivity contribution >= 4 is 49.8 Å². The molecule has 0 atom stereocenters. The van der Waals surface area contributed by atoms with Gasteiger partial charge in [-0.2, -0.15) is 0 Å². The average Bonchev–Trinajstić information content (AvgIpc) is 2.31. The van der Waals surface area contributed by atoms with Crippen molar-refractivity contribution in [2.45, 2.75) is 38.0 Å². The van der Waals surface area contributed by atoms with E-state index in [1.165, 1.54) is 0 Å². The Kier molecular flexibility index (Phi) is 7.99. The van der Waals surface area contributed by atoms with Crippen molar-refractivity contribution in [2.75, 3.05) is 38.7 Å². The molecule has 1 aliphatic rings. The van der Waals surface area contributed by atoms with Crippen LogP contribution in [0.4, 0.5) is 0 Å². The molecule has 0 unspecified atom stereocenters. The van der Waals surface area contributed by atoms with Crippen LogP contribution in [0.25, 0.3) is 0 Å². The summed E-state index contributed by atoms with van der Waals surface area (Å²) in [5, 5.41) is 3.12. The normalized spacial score (nSPS) is 21.1. The lowest BCUT2D eigenvalue weighted by molar-refractivity contribution is 0.346. The highest BCUT2D eigenvalue weighted by molar-refractivity contribution is 14.0. The van der Waals surface area contributed by atoms with Gasteiger partial charge in [0.25, 0.3) is 0 Å². The number of guanidine groups is 1. The van der Waals surface area contributed by atoms with Gasteiger partial charge in [0, 0.05) is 32.2 Å². The summed E-state index contributed by atoms with van der Waals surface area (Å²) in [6, 6.07) is 0. The molecule has 0 radical (unpaired) electrons. The lowest BCUT2D eigenvalue weighted by Gasteiger charge is -2.39. The summed E-state index contributed by atoms with van der Waals surface area (Å²) in [6.45, 7) is 7.97. The first-order valence-electron chi connectivity index (χ1n) is 7.36. The number of rotatable bonds is 4. The molecule has 1 heterocycles. The molecule has 24 heavy (non-hydrogen) atoms. The third-order valence-corrected chi connectivity index (χ3v) is 7.16. The first-order valence-corrected chi connectivity index (χ1v) is 10.9. The summed E-state index contributed by atoms with van der Waals surface area (Å²) in [6.07, 6.45) is 1.11. The maximum Gasteiger partial charge on any atom is 0.209 e. The molecule has 2 N–H and O–H groups in total. The number of nitrogens with one attached hydrogen (secondary N) is 2. The number of halogens is 1. The van der Waals surface area contributed by atoms with Crippen LogP contribution in [0.15, 0.2) is 4.99 Å². The minimum Gasteiger partial charge on any atom is -0.354 e. The van der Waals surface area contributed by atoms with Gasteiger partial charge in [-0.05, 0) is 27.7 Å². The number of sulfone groups is 1. The Morgan fingerprint density at radius 2 is 1.88 bits per heavy atom. The van der Waals surface area contributed by atoms with Gasteiger partial charge in [-0.3, -0.25) is 4.99 Å². The van der Waals surface area contributed by atoms with Crippen LogP contribution in [0.2, 0.25) is 0 Å². The molecular formula is C13H29IN4O4S2. The largest absolute Gasteiger partial charge is 0.354 e. The summed E-state index contributed by atoms with van der Waals surface area (Å²) in [5.74, 6) is 0.641. The van der Waals surface area contributed by atoms with Crippen molar-refractivity contribution < 1.29 is 16.8 Å². The Bertz CT molecular complexity index is 672. The Morgan fingerprint density at radius 1 is 1.33 bits per heavy atom. The standard InChI is InChI=1S/C13H28N4O4S2.HI/c1-12(2,16-22(6,18)19)9-15-11(14-5)17-7-8-23(20,21)13(3,4)10-17;/h16H,7-10H2,1-6H3,(H,14,15);1H. The first-order chi connectivity index (χ1) is 10.2. The number of hydrogen-bond donors (Lipinski definition) is 2. The molecule has 0 aromatic carbocycles. The van der Waals surface area contributed by atoms with Crippen LogP contribution in [0.3, 0.4) is 0 Å². The van der Waals surface area contributed by atoms with E-state index in [0.717, 1.165) is 6.26 Å². The molecule has 11 heteroatoms. The van der Waals surface area contributed by atoms with E-state index >= 15 is 0 Å². The van der Waals surface area contributed by atoms with Gasteiger partial charge in [0.05, 0.1) is 16.8 Å². The fourth-order valence-corrected chi connectivity index (χ4v) is 4.94. The van der Waals surface area contributed by atoms with Crippen molar-refractivity contribution in [3.05, 3.63) is 0 Å². The van der Waals surface area contributed by atoms with Crippen LogP contribution < -0.4 is 10.0 Å². The lowest BCUT2D eigenvalue weighted by atomic mass is 10.1. The minimum absolute atomic E-state index is 0. The predicted octanol–water partition coefficient (Wildman–Crippen LogP) is 0.0166. The summed E-state index contributed by atoms with van der Waals surface area (Å²) in [4.78, 5) is 6.07. The molecule has 0 amide bonds. The van der Waals surface area contributed by atoms with Crippen LogP contribution in [0, 0.1) is 0 Å². The van der Waals surface area contributed by atoms with Crippen molar-refractivity contribution in [3.8, 4) is 0 Å². The fourth-order valence-electron chi connectivity index (χ4n) is 2.49. The second kappa shape index (κ2) is 8.04. The van der Waals surface area contributed by atoms with Gasteiger partial charge in [-0.1, -0.05) is 0 Å². The van der Waals surface area contributed by atoms with E-state index in [1.807, 2.05) is 4.90 Å². The molecule has 144 valence electrons. The van der Waals surface area contributed by atoms with E-state index in [0.29, 0.717) is 25.6 Å². The van der Waals surface area contributed by atoms with Crippen molar-refractivity contribution in [1.29, 1.82) is 0 Å². The van der Waals surface area contributed by atoms with E-state index in [4.69, 9.17) is 0 Å². The van der Waals surface area contributed by atoms with Crippen molar-refractivity contribution in [2.24, 2.45) is 4.99 Å². The third kappa shape index (κ3) is 6.64. The number of hydrogen-bond acceptors (Lipinski definition) is 5. The second-order valence-electron chi connectivity index (χ2n) is 7.16. The minimum atomic E-state index is -3.32. The van der Waals surface area contributed by atoms with Crippen LogP contribution in [-0.2, 0) is 19.9 Å². The topological polar surface area (TPSA) is 108 Å². The Balaban J connectivity index is 0.00000529. The quantitative estimate of drug-likeness (QED) is 0.323. The van der Waals surface area contributed by atoms with E-state index < -0.39 is 30.1 Å². The molecular weight excluding hydrogens is 467 g/mol. The first kappa shape index (κ1) is 23.9. The third-order valence-electron chi connectivity index (χ3n) is 3.70. The number of sulfonamides is 1. The zero-order valence-electron chi connectivity index (χ0n) is 15.1. The molecule has 1 rings (SSSR count). The van der Waals surface area contributed by atoms with Crippen molar-refractivity contribution in [3.63, 3.8) is 0 Å². The van der Waals surface area contributed by atoms with E-state index in [-0.39, 0.29) is 29.7 Å². The summed E-state index contributed by atoms with van der Waals surface area (Å²) >= 11 is 0. The van der Waals surface area contributed by atoms with Crippen LogP contribution >= 0.6 is 24.0 Å². The SMILES string of the molecule is CN=C(NCC(C)(C)NS(C)(=O)=O)N1CCS(=O)(=O)C(C)(C)C1.I. The van der Waals surface area contributed by atoms with Gasteiger partial charge < -0.3 is 10.2 Å². The molecule has 1 aliphatic heterocycles. The molecule has 0 aromatic rings. The smallest absolute Gasteiger partial charge is 0.209 e. The molecule has 0 aliphatic carbocycles. The monoisotopic (exact) mass is 496 g/mol. The molecule has 1 fully saturated rings. The van der Waals surface area contributed by atoms with Crippen LogP contribution in [0.5, 0.6) is 0 Å². The van der Waals surface area contributed by atoms with Gasteiger partial charge in [-0.15, -0.1) is 24.0 Å². The summed E-state index contributed by atoms with van der Waals surface area (Å²) < 4.78 is 48.6. The molecule has 0 saturated carbocycles. The molecule has 0 aromatic heterocycles. The molecule has 1 saturated heterocycles. The van der Waals surface area contributed by atoms with Gasteiger partial charge in [-0.25, -0.2) is 21.6 Å². The van der Waals surface area contributed by atoms with Crippen LogP contribution in [-0.4, -0.2) is 76.7 Å². The van der Waals surface area contributed by atoms with Crippen LogP contribution in [0.1, 0.15) is 27.7 Å². The Hall–Kier alpha value is -0.140. The maximum absolute atomic E-state index is 12.1. The van der Waals surface area contributed by atoms with Gasteiger partial charge in [0.2, 0.25) is 10.0 Å². The molecule has 8 nitrogen and oxygen atoms in total.